The lowest BCUT2D eigenvalue weighted by Crippen LogP contribution is -2.43. The predicted molar refractivity (Wildman–Crippen MR) is 69.5 cm³/mol. The van der Waals surface area contributed by atoms with E-state index in [2.05, 4.69) is 5.32 Å². The molecular formula is C12H15FN2OS. The van der Waals surface area contributed by atoms with Crippen molar-refractivity contribution in [3.05, 3.63) is 35.1 Å². The van der Waals surface area contributed by atoms with Gasteiger partial charge >= 0.3 is 0 Å². The Morgan fingerprint density at radius 2 is 2.18 bits per heavy atom. The van der Waals surface area contributed by atoms with E-state index in [0.29, 0.717) is 12.0 Å². The van der Waals surface area contributed by atoms with Crippen molar-refractivity contribution < 1.29 is 9.18 Å². The normalized spacial score (nSPS) is 11.9. The summed E-state index contributed by atoms with van der Waals surface area (Å²) in [5.41, 5.74) is 6.44. The van der Waals surface area contributed by atoms with Crippen LogP contribution in [0.5, 0.6) is 0 Å². The Labute approximate surface area is 105 Å². The quantitative estimate of drug-likeness (QED) is 0.807. The van der Waals surface area contributed by atoms with Crippen LogP contribution in [0, 0.1) is 12.7 Å². The molecule has 1 aromatic carbocycles. The summed E-state index contributed by atoms with van der Waals surface area (Å²) >= 11 is 4.83. The van der Waals surface area contributed by atoms with Crippen LogP contribution in [0.1, 0.15) is 29.3 Å². The molecule has 0 saturated carbocycles. The van der Waals surface area contributed by atoms with E-state index in [1.54, 1.807) is 13.0 Å². The number of halogens is 1. The van der Waals surface area contributed by atoms with Crippen LogP contribution in [0.25, 0.3) is 0 Å². The fraction of sp³-hybridized carbons (Fsp3) is 0.333. The molecule has 0 radical (unpaired) electrons. The van der Waals surface area contributed by atoms with Crippen molar-refractivity contribution >= 4 is 23.1 Å². The number of rotatable bonds is 4. The molecule has 0 saturated heterocycles. The summed E-state index contributed by atoms with van der Waals surface area (Å²) < 4.78 is 13.1. The smallest absolute Gasteiger partial charge is 0.251 e. The summed E-state index contributed by atoms with van der Waals surface area (Å²) in [6, 6.07) is 3.81. The number of benzene rings is 1. The van der Waals surface area contributed by atoms with Crippen LogP contribution >= 0.6 is 12.2 Å². The Balaban J connectivity index is 2.86. The van der Waals surface area contributed by atoms with Gasteiger partial charge in [0.15, 0.2) is 0 Å². The maximum Gasteiger partial charge on any atom is 0.251 e. The standard InChI is InChI=1S/C12H15FN2OS/c1-3-10(11(14)17)15-12(16)8-4-7(2)5-9(13)6-8/h4-6,10H,3H2,1-2H3,(H2,14,17)(H,15,16). The molecule has 0 heterocycles. The molecule has 0 fully saturated rings. The van der Waals surface area contributed by atoms with Crippen molar-refractivity contribution in [3.63, 3.8) is 0 Å². The number of carbonyl (C=O) groups is 1. The topological polar surface area (TPSA) is 55.1 Å². The third-order valence-electron chi connectivity index (χ3n) is 2.36. The minimum Gasteiger partial charge on any atom is -0.392 e. The van der Waals surface area contributed by atoms with E-state index in [1.165, 1.54) is 12.1 Å². The molecule has 3 nitrogen and oxygen atoms in total. The number of carbonyl (C=O) groups excluding carboxylic acids is 1. The summed E-state index contributed by atoms with van der Waals surface area (Å²) in [6.45, 7) is 3.59. The molecule has 0 aliphatic carbocycles. The molecule has 0 aromatic heterocycles. The lowest BCUT2D eigenvalue weighted by atomic mass is 10.1. The molecule has 0 aliphatic rings. The van der Waals surface area contributed by atoms with Crippen LogP contribution in [0.4, 0.5) is 4.39 Å². The highest BCUT2D eigenvalue weighted by Gasteiger charge is 2.14. The lowest BCUT2D eigenvalue weighted by Gasteiger charge is -2.15. The first-order chi connectivity index (χ1) is 7.93. The van der Waals surface area contributed by atoms with Gasteiger partial charge in [-0.05, 0) is 37.1 Å². The maximum atomic E-state index is 13.1. The van der Waals surface area contributed by atoms with E-state index in [0.717, 1.165) is 0 Å². The predicted octanol–water partition coefficient (Wildman–Crippen LogP) is 1.93. The second kappa shape index (κ2) is 5.72. The first kappa shape index (κ1) is 13.6. The fourth-order valence-corrected chi connectivity index (χ4v) is 1.71. The summed E-state index contributed by atoms with van der Waals surface area (Å²) in [5.74, 6) is -0.800. The lowest BCUT2D eigenvalue weighted by molar-refractivity contribution is 0.0946. The van der Waals surface area contributed by atoms with Gasteiger partial charge in [-0.1, -0.05) is 19.1 Å². The Morgan fingerprint density at radius 1 is 1.53 bits per heavy atom. The van der Waals surface area contributed by atoms with Gasteiger partial charge in [-0.15, -0.1) is 0 Å². The monoisotopic (exact) mass is 254 g/mol. The largest absolute Gasteiger partial charge is 0.392 e. The van der Waals surface area contributed by atoms with Gasteiger partial charge in [0, 0.05) is 5.56 Å². The zero-order chi connectivity index (χ0) is 13.0. The number of hydrogen-bond donors (Lipinski definition) is 2. The van der Waals surface area contributed by atoms with E-state index in [-0.39, 0.29) is 22.5 Å². The number of hydrogen-bond acceptors (Lipinski definition) is 2. The molecule has 1 atom stereocenters. The fourth-order valence-electron chi connectivity index (χ4n) is 1.48. The van der Waals surface area contributed by atoms with Crippen LogP contribution in [0.3, 0.4) is 0 Å². The van der Waals surface area contributed by atoms with Crippen molar-refractivity contribution in [2.75, 3.05) is 0 Å². The van der Waals surface area contributed by atoms with Gasteiger partial charge in [0.05, 0.1) is 11.0 Å². The van der Waals surface area contributed by atoms with Gasteiger partial charge in [-0.25, -0.2) is 4.39 Å². The van der Waals surface area contributed by atoms with Crippen molar-refractivity contribution in [1.82, 2.24) is 5.32 Å². The SMILES string of the molecule is CCC(NC(=O)c1cc(C)cc(F)c1)C(N)=S. The van der Waals surface area contributed by atoms with Crippen LogP contribution in [-0.2, 0) is 0 Å². The number of amides is 1. The highest BCUT2D eigenvalue weighted by molar-refractivity contribution is 7.80. The molecule has 0 spiro atoms. The van der Waals surface area contributed by atoms with E-state index < -0.39 is 5.82 Å². The van der Waals surface area contributed by atoms with Crippen molar-refractivity contribution in [1.29, 1.82) is 0 Å². The van der Waals surface area contributed by atoms with Crippen LogP contribution in [0.15, 0.2) is 18.2 Å². The molecule has 1 unspecified atom stereocenters. The van der Waals surface area contributed by atoms with Crippen LogP contribution < -0.4 is 11.1 Å². The van der Waals surface area contributed by atoms with E-state index in [4.69, 9.17) is 18.0 Å². The van der Waals surface area contributed by atoms with Crippen LogP contribution in [0.2, 0.25) is 0 Å². The molecular weight excluding hydrogens is 239 g/mol. The summed E-state index contributed by atoms with van der Waals surface area (Å²) in [7, 11) is 0. The first-order valence-electron chi connectivity index (χ1n) is 5.31. The highest BCUT2D eigenvalue weighted by Crippen LogP contribution is 2.08. The second-order valence-corrected chi connectivity index (χ2v) is 4.33. The summed E-state index contributed by atoms with van der Waals surface area (Å²) in [6.07, 6.45) is 0.607. The van der Waals surface area contributed by atoms with Gasteiger partial charge in [0.25, 0.3) is 5.91 Å². The molecule has 17 heavy (non-hydrogen) atoms. The number of nitrogens with two attached hydrogens (primary N) is 1. The molecule has 92 valence electrons. The zero-order valence-corrected chi connectivity index (χ0v) is 10.6. The molecule has 0 aliphatic heterocycles. The number of thiocarbonyl (C=S) groups is 1. The van der Waals surface area contributed by atoms with E-state index in [9.17, 15) is 9.18 Å². The van der Waals surface area contributed by atoms with Crippen molar-refractivity contribution in [3.8, 4) is 0 Å². The van der Waals surface area contributed by atoms with Crippen LogP contribution in [-0.4, -0.2) is 16.9 Å². The number of aryl methyl sites for hydroxylation is 1. The molecule has 1 aromatic rings. The second-order valence-electron chi connectivity index (χ2n) is 3.85. The summed E-state index contributed by atoms with van der Waals surface area (Å²) in [4.78, 5) is 12.1. The Morgan fingerprint density at radius 3 is 2.65 bits per heavy atom. The molecule has 1 rings (SSSR count). The molecule has 0 bridgehead atoms. The van der Waals surface area contributed by atoms with Crippen molar-refractivity contribution in [2.45, 2.75) is 26.3 Å². The van der Waals surface area contributed by atoms with Gasteiger partial charge in [-0.3, -0.25) is 4.79 Å². The van der Waals surface area contributed by atoms with Gasteiger partial charge in [-0.2, -0.15) is 0 Å². The third kappa shape index (κ3) is 3.78. The Hall–Kier alpha value is -1.49. The average Bonchev–Trinajstić information content (AvgIpc) is 2.23. The molecule has 1 amide bonds. The molecule has 3 N–H and O–H groups in total. The maximum absolute atomic E-state index is 13.1. The van der Waals surface area contributed by atoms with E-state index in [1.807, 2.05) is 6.92 Å². The summed E-state index contributed by atoms with van der Waals surface area (Å²) in [5, 5.41) is 2.67. The Bertz CT molecular complexity index is 428. The van der Waals surface area contributed by atoms with Gasteiger partial charge in [0.1, 0.15) is 5.82 Å². The third-order valence-corrected chi connectivity index (χ3v) is 2.65. The highest BCUT2D eigenvalue weighted by atomic mass is 32.1. The minimum absolute atomic E-state index is 0.231. The average molecular weight is 254 g/mol. The zero-order valence-electron chi connectivity index (χ0n) is 9.79. The Kier molecular flexibility index (Phi) is 4.57. The minimum atomic E-state index is -0.432. The van der Waals surface area contributed by atoms with Crippen molar-refractivity contribution in [2.24, 2.45) is 5.73 Å². The van der Waals surface area contributed by atoms with Gasteiger partial charge < -0.3 is 11.1 Å². The first-order valence-corrected chi connectivity index (χ1v) is 5.72. The van der Waals surface area contributed by atoms with E-state index >= 15 is 0 Å². The number of nitrogens with one attached hydrogen (secondary N) is 1. The molecule has 5 heteroatoms. The van der Waals surface area contributed by atoms with Gasteiger partial charge in [0.2, 0.25) is 0 Å².